The molecular weight excluding hydrogens is 332 g/mol. The van der Waals surface area contributed by atoms with Gasteiger partial charge in [0.05, 0.1) is 0 Å². The van der Waals surface area contributed by atoms with E-state index in [2.05, 4.69) is 23.4 Å². The molecule has 0 spiro atoms. The van der Waals surface area contributed by atoms with Crippen LogP contribution in [0.25, 0.3) is 0 Å². The van der Waals surface area contributed by atoms with Gasteiger partial charge in [0.25, 0.3) is 0 Å². The Bertz CT molecular complexity index is 322. The summed E-state index contributed by atoms with van der Waals surface area (Å²) in [6.07, 6.45) is 25.4. The van der Waals surface area contributed by atoms with Crippen LogP contribution >= 0.6 is 0 Å². The van der Waals surface area contributed by atoms with E-state index in [1.54, 1.807) is 0 Å². The van der Waals surface area contributed by atoms with Crippen molar-refractivity contribution in [3.63, 3.8) is 0 Å². The maximum Gasteiger partial charge on any atom is 0.200 e. The van der Waals surface area contributed by atoms with Crippen molar-refractivity contribution in [1.29, 1.82) is 0 Å². The van der Waals surface area contributed by atoms with Crippen LogP contribution in [0.2, 0.25) is 0 Å². The topological polar surface area (TPSA) is 32.3 Å². The summed E-state index contributed by atoms with van der Waals surface area (Å²) in [6.45, 7) is 6.55. The first-order chi connectivity index (χ1) is 13.4. The lowest BCUT2D eigenvalue weighted by atomic mass is 10.0. The van der Waals surface area contributed by atoms with Gasteiger partial charge in [0.2, 0.25) is 0 Å². The van der Waals surface area contributed by atoms with Crippen molar-refractivity contribution in [1.82, 2.24) is 10.2 Å². The van der Waals surface area contributed by atoms with Crippen LogP contribution < -0.4 is 5.32 Å². The zero-order chi connectivity index (χ0) is 19.4. The molecule has 0 saturated carbocycles. The van der Waals surface area contributed by atoms with Gasteiger partial charge in [-0.3, -0.25) is 9.69 Å². The third-order valence-corrected chi connectivity index (χ3v) is 6.09. The van der Waals surface area contributed by atoms with Gasteiger partial charge >= 0.3 is 0 Å². The van der Waals surface area contributed by atoms with E-state index in [-0.39, 0.29) is 0 Å². The zero-order valence-electron chi connectivity index (χ0n) is 18.3. The lowest BCUT2D eigenvalue weighted by Gasteiger charge is -2.35. The van der Waals surface area contributed by atoms with Gasteiger partial charge in [-0.2, -0.15) is 0 Å². The summed E-state index contributed by atoms with van der Waals surface area (Å²) < 4.78 is 0. The van der Waals surface area contributed by atoms with Crippen LogP contribution in [0.5, 0.6) is 0 Å². The van der Waals surface area contributed by atoms with Crippen molar-refractivity contribution >= 4 is 6.29 Å². The van der Waals surface area contributed by atoms with E-state index in [0.717, 1.165) is 26.2 Å². The molecule has 0 amide bonds. The van der Waals surface area contributed by atoms with Crippen molar-refractivity contribution in [2.24, 2.45) is 0 Å². The maximum atomic E-state index is 10.7. The van der Waals surface area contributed by atoms with Crippen LogP contribution in [0, 0.1) is 0 Å². The summed E-state index contributed by atoms with van der Waals surface area (Å²) in [6, 6.07) is 0.382. The summed E-state index contributed by atoms with van der Waals surface area (Å²) in [4.78, 5) is 13.2. The molecule has 0 aromatic rings. The van der Waals surface area contributed by atoms with Crippen LogP contribution in [0.1, 0.15) is 116 Å². The second-order valence-corrected chi connectivity index (χ2v) is 8.55. The van der Waals surface area contributed by atoms with E-state index in [4.69, 9.17) is 0 Å². The monoisotopic (exact) mass is 379 g/mol. The van der Waals surface area contributed by atoms with Gasteiger partial charge in [-0.05, 0) is 13.0 Å². The molecule has 1 fully saturated rings. The number of piperazine rings is 1. The Kier molecular flexibility index (Phi) is 17.3. The number of hydrogen-bond acceptors (Lipinski definition) is 3. The first kappa shape index (κ1) is 24.6. The van der Waals surface area contributed by atoms with E-state index in [9.17, 15) is 4.79 Å². The molecule has 27 heavy (non-hydrogen) atoms. The van der Waals surface area contributed by atoms with Crippen LogP contribution in [0.3, 0.4) is 0 Å². The molecule has 0 aromatic heterocycles. The molecule has 3 heteroatoms. The molecule has 3 nitrogen and oxygen atoms in total. The number of nitrogens with one attached hydrogen (secondary N) is 1. The molecule has 159 valence electrons. The Morgan fingerprint density at radius 2 is 1.26 bits per heavy atom. The summed E-state index contributed by atoms with van der Waals surface area (Å²) in [7, 11) is 0. The maximum absolute atomic E-state index is 10.7. The fourth-order valence-electron chi connectivity index (χ4n) is 4.26. The smallest absolute Gasteiger partial charge is 0.200 e. The molecule has 0 aliphatic carbocycles. The highest BCUT2D eigenvalue weighted by Gasteiger charge is 2.20. The Morgan fingerprint density at radius 1 is 0.778 bits per heavy atom. The molecule has 1 aliphatic rings. The second-order valence-electron chi connectivity index (χ2n) is 8.55. The fraction of sp³-hybridized carbons (Fsp3) is 0.958. The normalized spacial score (nSPS) is 18.0. The highest BCUT2D eigenvalue weighted by Crippen LogP contribution is 2.14. The van der Waals surface area contributed by atoms with E-state index in [0.29, 0.717) is 12.5 Å². The summed E-state index contributed by atoms with van der Waals surface area (Å²) >= 11 is 0. The summed E-state index contributed by atoms with van der Waals surface area (Å²) in [5.41, 5.74) is 0. The third kappa shape index (κ3) is 14.3. The molecule has 1 unspecified atom stereocenters. The molecule has 1 radical (unpaired) electrons. The fourth-order valence-corrected chi connectivity index (χ4v) is 4.26. The van der Waals surface area contributed by atoms with Crippen molar-refractivity contribution in [3.05, 3.63) is 0 Å². The summed E-state index contributed by atoms with van der Waals surface area (Å²) in [5, 5.41) is 3.39. The van der Waals surface area contributed by atoms with E-state index in [1.807, 2.05) is 0 Å². The van der Waals surface area contributed by atoms with Gasteiger partial charge in [0.15, 0.2) is 6.29 Å². The van der Waals surface area contributed by atoms with E-state index >= 15 is 0 Å². The Balaban J connectivity index is 1.78. The van der Waals surface area contributed by atoms with E-state index < -0.39 is 0 Å². The molecule has 0 bridgehead atoms. The molecule has 1 atom stereocenters. The summed E-state index contributed by atoms with van der Waals surface area (Å²) in [5.74, 6) is 0. The minimum atomic E-state index is 0.382. The molecule has 1 rings (SSSR count). The highest BCUT2D eigenvalue weighted by molar-refractivity contribution is 5.51. The first-order valence-corrected chi connectivity index (χ1v) is 12.2. The van der Waals surface area contributed by atoms with Gasteiger partial charge in [-0.25, -0.2) is 0 Å². The van der Waals surface area contributed by atoms with Gasteiger partial charge in [0, 0.05) is 32.1 Å². The van der Waals surface area contributed by atoms with Crippen LogP contribution in [0.15, 0.2) is 0 Å². The van der Waals surface area contributed by atoms with Crippen molar-refractivity contribution in [3.8, 4) is 0 Å². The van der Waals surface area contributed by atoms with Crippen molar-refractivity contribution in [2.45, 2.75) is 122 Å². The highest BCUT2D eigenvalue weighted by atomic mass is 16.1. The van der Waals surface area contributed by atoms with Crippen LogP contribution in [-0.4, -0.2) is 43.4 Å². The minimum Gasteiger partial charge on any atom is -0.314 e. The van der Waals surface area contributed by atoms with Gasteiger partial charge in [0.1, 0.15) is 0 Å². The number of nitrogens with zero attached hydrogens (tertiary/aromatic N) is 1. The molecular formula is C24H47N2O. The Morgan fingerprint density at radius 3 is 1.74 bits per heavy atom. The average molecular weight is 380 g/mol. The lowest BCUT2D eigenvalue weighted by molar-refractivity contribution is 0.161. The first-order valence-electron chi connectivity index (χ1n) is 12.2. The van der Waals surface area contributed by atoms with Gasteiger partial charge in [-0.15, -0.1) is 0 Å². The Hall–Kier alpha value is -0.410. The van der Waals surface area contributed by atoms with Gasteiger partial charge < -0.3 is 5.32 Å². The number of unbranched alkanes of at least 4 members (excludes halogenated alkanes) is 15. The number of rotatable bonds is 19. The number of carbonyl (C=O) groups excluding carboxylic acids is 1. The van der Waals surface area contributed by atoms with E-state index in [1.165, 1.54) is 103 Å². The van der Waals surface area contributed by atoms with Gasteiger partial charge in [-0.1, -0.05) is 103 Å². The van der Waals surface area contributed by atoms with Crippen LogP contribution in [0.4, 0.5) is 0 Å². The predicted octanol–water partition coefficient (Wildman–Crippen LogP) is 6.02. The second kappa shape index (κ2) is 18.9. The molecule has 1 aliphatic heterocycles. The number of hydrogen-bond donors (Lipinski definition) is 1. The largest absolute Gasteiger partial charge is 0.314 e. The third-order valence-electron chi connectivity index (χ3n) is 6.09. The lowest BCUT2D eigenvalue weighted by Crippen LogP contribution is -2.51. The predicted molar refractivity (Wildman–Crippen MR) is 118 cm³/mol. The molecule has 1 N–H and O–H groups in total. The van der Waals surface area contributed by atoms with Crippen molar-refractivity contribution < 1.29 is 4.79 Å². The average Bonchev–Trinajstić information content (AvgIpc) is 2.69. The molecule has 0 aromatic carbocycles. The molecule has 1 heterocycles. The quantitative estimate of drug-likeness (QED) is 0.278. The Labute approximate surface area is 170 Å². The standard InChI is InChI=1S/C24H47N2O/c1-2-3-4-5-6-7-8-9-10-11-12-13-14-15-16-17-20-26-21-19-25-23-24(26)18-22-27/h24-25H,2-21,23H2,1H3. The molecule has 1 saturated heterocycles. The van der Waals surface area contributed by atoms with Crippen LogP contribution in [-0.2, 0) is 4.79 Å². The zero-order valence-corrected chi connectivity index (χ0v) is 18.3. The minimum absolute atomic E-state index is 0.382. The SMILES string of the molecule is CCCCCCCCCCCCCCCCCCN1CCNCC1C[C]=O. The van der Waals surface area contributed by atoms with Crippen molar-refractivity contribution in [2.75, 3.05) is 26.2 Å².